The van der Waals surface area contributed by atoms with Crippen molar-refractivity contribution in [3.8, 4) is 5.88 Å². The van der Waals surface area contributed by atoms with E-state index in [1.165, 1.54) is 17.4 Å². The second-order valence-electron chi connectivity index (χ2n) is 8.09. The summed E-state index contributed by atoms with van der Waals surface area (Å²) in [5.41, 5.74) is 1.53. The van der Waals surface area contributed by atoms with Crippen molar-refractivity contribution in [2.45, 2.75) is 39.0 Å². The number of aryl methyl sites for hydroxylation is 1. The summed E-state index contributed by atoms with van der Waals surface area (Å²) >= 11 is 1.32. The number of hydrogen-bond donors (Lipinski definition) is 1. The molecule has 0 radical (unpaired) electrons. The number of carbonyl (C=O) groups is 1. The van der Waals surface area contributed by atoms with Gasteiger partial charge in [0.1, 0.15) is 11.4 Å². The number of benzene rings is 1. The van der Waals surface area contributed by atoms with Crippen LogP contribution in [0.3, 0.4) is 0 Å². The molecule has 1 aliphatic rings. The summed E-state index contributed by atoms with van der Waals surface area (Å²) in [5, 5.41) is 3.88. The fourth-order valence-corrected chi connectivity index (χ4v) is 5.18. The number of nitrogens with zero attached hydrogens (tertiary/aromatic N) is 3. The number of aromatic nitrogens is 2. The second kappa shape index (κ2) is 10.1. The Morgan fingerprint density at radius 1 is 1.21 bits per heavy atom. The monoisotopic (exact) mass is 476 g/mol. The first-order chi connectivity index (χ1) is 15.9. The van der Waals surface area contributed by atoms with E-state index in [-0.39, 0.29) is 18.6 Å². The lowest BCUT2D eigenvalue weighted by Crippen LogP contribution is -2.44. The van der Waals surface area contributed by atoms with E-state index < -0.39 is 11.6 Å². The minimum absolute atomic E-state index is 0.0420. The van der Waals surface area contributed by atoms with Gasteiger partial charge in [-0.05, 0) is 43.0 Å². The number of nitrogens with one attached hydrogen (secondary N) is 1. The maximum atomic E-state index is 13.5. The molecule has 33 heavy (non-hydrogen) atoms. The molecule has 4 rings (SSSR count). The van der Waals surface area contributed by atoms with Crippen LogP contribution in [0.4, 0.5) is 8.78 Å². The van der Waals surface area contributed by atoms with Crippen molar-refractivity contribution in [3.63, 3.8) is 0 Å². The zero-order valence-corrected chi connectivity index (χ0v) is 19.6. The van der Waals surface area contributed by atoms with Gasteiger partial charge >= 0.3 is 0 Å². The largest absolute Gasteiger partial charge is 0.480 e. The summed E-state index contributed by atoms with van der Waals surface area (Å²) in [6, 6.07) is 4.04. The molecule has 1 amide bonds. The molecule has 2 aromatic heterocycles. The predicted molar refractivity (Wildman–Crippen MR) is 122 cm³/mol. The number of rotatable bonds is 7. The summed E-state index contributed by atoms with van der Waals surface area (Å²) < 4.78 is 37.1. The molecular weight excluding hydrogens is 450 g/mol. The number of fused-ring (bicyclic) bond motifs is 1. The van der Waals surface area contributed by atoms with E-state index in [0.29, 0.717) is 28.0 Å². The molecule has 0 aliphatic carbocycles. The topological polar surface area (TPSA) is 76.6 Å². The number of methoxy groups -OCH3 is 2. The molecule has 1 N–H and O–H groups in total. The molecule has 0 spiro atoms. The number of piperidine rings is 1. The van der Waals surface area contributed by atoms with E-state index in [2.05, 4.69) is 20.2 Å². The van der Waals surface area contributed by atoms with Gasteiger partial charge in [-0.3, -0.25) is 9.69 Å². The van der Waals surface area contributed by atoms with Crippen molar-refractivity contribution in [2.75, 3.05) is 27.3 Å². The van der Waals surface area contributed by atoms with E-state index >= 15 is 0 Å². The van der Waals surface area contributed by atoms with Gasteiger partial charge in [0.2, 0.25) is 5.88 Å². The van der Waals surface area contributed by atoms with Gasteiger partial charge < -0.3 is 14.8 Å². The summed E-state index contributed by atoms with van der Waals surface area (Å²) in [6.45, 7) is 4.20. The van der Waals surface area contributed by atoms with Gasteiger partial charge in [-0.1, -0.05) is 6.07 Å². The molecule has 1 fully saturated rings. The number of carbonyl (C=O) groups excluding carboxylic acids is 1. The van der Waals surface area contributed by atoms with Gasteiger partial charge in [-0.25, -0.2) is 13.8 Å². The molecule has 3 aromatic rings. The molecular formula is C23H26F2N4O3S. The Morgan fingerprint density at radius 3 is 2.64 bits per heavy atom. The highest BCUT2D eigenvalue weighted by Gasteiger charge is 2.25. The first-order valence-electron chi connectivity index (χ1n) is 10.7. The Balaban J connectivity index is 1.40. The van der Waals surface area contributed by atoms with Gasteiger partial charge in [0.25, 0.3) is 5.91 Å². The van der Waals surface area contributed by atoms with Crippen molar-refractivity contribution in [2.24, 2.45) is 0 Å². The lowest BCUT2D eigenvalue weighted by molar-refractivity contribution is 0.0912. The van der Waals surface area contributed by atoms with E-state index in [1.807, 2.05) is 6.92 Å². The molecule has 0 unspecified atom stereocenters. The molecule has 7 nitrogen and oxygen atoms in total. The second-order valence-corrected chi connectivity index (χ2v) is 9.09. The quantitative estimate of drug-likeness (QED) is 0.559. The molecule has 1 saturated heterocycles. The lowest BCUT2D eigenvalue weighted by atomic mass is 10.0. The highest BCUT2D eigenvalue weighted by molar-refractivity contribution is 7.20. The molecule has 10 heteroatoms. The number of amides is 1. The molecule has 1 aliphatic heterocycles. The highest BCUT2D eigenvalue weighted by Crippen LogP contribution is 2.35. The van der Waals surface area contributed by atoms with Crippen molar-refractivity contribution < 1.29 is 23.0 Å². The van der Waals surface area contributed by atoms with Crippen LogP contribution >= 0.6 is 11.3 Å². The van der Waals surface area contributed by atoms with Crippen molar-refractivity contribution in [1.29, 1.82) is 0 Å². The average molecular weight is 477 g/mol. The number of hydrogen-bond acceptors (Lipinski definition) is 7. The maximum Gasteiger partial charge on any atom is 0.261 e. The van der Waals surface area contributed by atoms with E-state index in [0.717, 1.165) is 48.5 Å². The molecule has 0 saturated carbocycles. The van der Waals surface area contributed by atoms with Gasteiger partial charge in [0, 0.05) is 32.8 Å². The van der Waals surface area contributed by atoms with Crippen LogP contribution in [-0.4, -0.2) is 54.1 Å². The van der Waals surface area contributed by atoms with Crippen LogP contribution in [0.15, 0.2) is 18.2 Å². The molecule has 0 atom stereocenters. The maximum absolute atomic E-state index is 13.5. The molecule has 176 valence electrons. The standard InChI is InChI=1S/C23H26F2N4O3S/c1-13-19-22(32-3)27-18(12-31-2)28-23(19)33-20(13)21(30)26-15-6-8-29(9-7-15)11-14-4-5-16(24)17(25)10-14/h4-5,10,15H,6-9,11-12H2,1-3H3,(H,26,30). The minimum atomic E-state index is -0.838. The Morgan fingerprint density at radius 2 is 1.97 bits per heavy atom. The Bertz CT molecular complexity index is 1160. The summed E-state index contributed by atoms with van der Waals surface area (Å²) in [4.78, 5) is 25.4. The third-order valence-electron chi connectivity index (χ3n) is 5.79. The van der Waals surface area contributed by atoms with Crippen molar-refractivity contribution >= 4 is 27.5 Å². The van der Waals surface area contributed by atoms with Crippen LogP contribution in [-0.2, 0) is 17.9 Å². The van der Waals surface area contributed by atoms with Crippen LogP contribution in [0.2, 0.25) is 0 Å². The number of thiophene rings is 1. The van der Waals surface area contributed by atoms with E-state index in [4.69, 9.17) is 9.47 Å². The van der Waals surface area contributed by atoms with E-state index in [1.54, 1.807) is 20.3 Å². The lowest BCUT2D eigenvalue weighted by Gasteiger charge is -2.32. The third-order valence-corrected chi connectivity index (χ3v) is 6.97. The first-order valence-corrected chi connectivity index (χ1v) is 11.5. The fraction of sp³-hybridized carbons (Fsp3) is 0.435. The van der Waals surface area contributed by atoms with Gasteiger partial charge in [0.15, 0.2) is 17.5 Å². The van der Waals surface area contributed by atoms with Crippen molar-refractivity contribution in [3.05, 3.63) is 51.7 Å². The van der Waals surface area contributed by atoms with Gasteiger partial charge in [0.05, 0.1) is 17.4 Å². The zero-order chi connectivity index (χ0) is 23.5. The highest BCUT2D eigenvalue weighted by atomic mass is 32.1. The summed E-state index contributed by atoms with van der Waals surface area (Å²) in [6.07, 6.45) is 1.56. The number of likely N-dealkylation sites (tertiary alicyclic amines) is 1. The number of ether oxygens (including phenoxy) is 2. The van der Waals surface area contributed by atoms with Crippen LogP contribution in [0.25, 0.3) is 10.2 Å². The molecule has 3 heterocycles. The first kappa shape index (κ1) is 23.5. The van der Waals surface area contributed by atoms with Crippen molar-refractivity contribution in [1.82, 2.24) is 20.2 Å². The smallest absolute Gasteiger partial charge is 0.261 e. The van der Waals surface area contributed by atoms with Crippen LogP contribution in [0.5, 0.6) is 5.88 Å². The summed E-state index contributed by atoms with van der Waals surface area (Å²) in [5.74, 6) is -0.863. The Hall–Kier alpha value is -2.69. The van der Waals surface area contributed by atoms with Crippen LogP contribution < -0.4 is 10.1 Å². The van der Waals surface area contributed by atoms with Crippen LogP contribution in [0.1, 0.15) is 39.5 Å². The Labute approximate surface area is 194 Å². The zero-order valence-electron chi connectivity index (χ0n) is 18.8. The van der Waals surface area contributed by atoms with Gasteiger partial charge in [-0.2, -0.15) is 4.98 Å². The SMILES string of the molecule is COCc1nc(OC)c2c(C)c(C(=O)NC3CCN(Cc4ccc(F)c(F)c4)CC3)sc2n1. The van der Waals surface area contributed by atoms with Gasteiger partial charge in [-0.15, -0.1) is 11.3 Å². The number of halogens is 2. The summed E-state index contributed by atoms with van der Waals surface area (Å²) in [7, 11) is 3.12. The third kappa shape index (κ3) is 5.13. The van der Waals surface area contributed by atoms with E-state index in [9.17, 15) is 13.6 Å². The Kier molecular flexibility index (Phi) is 7.16. The fourth-order valence-electron chi connectivity index (χ4n) is 4.08. The minimum Gasteiger partial charge on any atom is -0.480 e. The van der Waals surface area contributed by atoms with Crippen LogP contribution in [0, 0.1) is 18.6 Å². The molecule has 0 bridgehead atoms. The normalized spacial score (nSPS) is 15.2. The average Bonchev–Trinajstić information content (AvgIpc) is 3.14. The molecule has 1 aromatic carbocycles. The predicted octanol–water partition coefficient (Wildman–Crippen LogP) is 3.83.